The van der Waals surface area contributed by atoms with Gasteiger partial charge >= 0.3 is 0 Å². The number of rotatable bonds is 4. The summed E-state index contributed by atoms with van der Waals surface area (Å²) in [5.74, 6) is -0.127. The Kier molecular flexibility index (Phi) is 4.01. The van der Waals surface area contributed by atoms with Crippen LogP contribution in [0.15, 0.2) is 6.07 Å². The highest BCUT2D eigenvalue weighted by atomic mass is 35.5. The van der Waals surface area contributed by atoms with E-state index in [1.807, 2.05) is 0 Å². The van der Waals surface area contributed by atoms with Gasteiger partial charge < -0.3 is 15.2 Å². The van der Waals surface area contributed by atoms with Gasteiger partial charge in [0.2, 0.25) is 0 Å². The van der Waals surface area contributed by atoms with E-state index in [0.29, 0.717) is 5.75 Å². The third-order valence-corrected chi connectivity index (χ3v) is 3.24. The topological polar surface area (TPSA) is 103 Å². The Morgan fingerprint density at radius 3 is 2.55 bits per heavy atom. The molecule has 0 bridgehead atoms. The van der Waals surface area contributed by atoms with E-state index < -0.39 is 5.91 Å². The molecule has 2 aromatic rings. The molecule has 3 N–H and O–H groups in total. The summed E-state index contributed by atoms with van der Waals surface area (Å²) in [5, 5.41) is 10.2. The average molecular weight is 317 g/mol. The molecule has 106 valence electrons. The van der Waals surface area contributed by atoms with Gasteiger partial charge in [-0.15, -0.1) is 0 Å². The van der Waals surface area contributed by atoms with E-state index in [-0.39, 0.29) is 32.7 Å². The second kappa shape index (κ2) is 5.56. The van der Waals surface area contributed by atoms with Crippen molar-refractivity contribution in [3.63, 3.8) is 0 Å². The van der Waals surface area contributed by atoms with Crippen molar-refractivity contribution in [2.24, 2.45) is 5.73 Å². The molecule has 2 rings (SSSR count). The number of aromatic nitrogens is 3. The van der Waals surface area contributed by atoms with E-state index in [2.05, 4.69) is 15.4 Å². The second-order valence-corrected chi connectivity index (χ2v) is 4.45. The molecule has 0 aliphatic heterocycles. The maximum absolute atomic E-state index is 11.3. The van der Waals surface area contributed by atoms with Crippen LogP contribution in [-0.2, 0) is 0 Å². The third-order valence-electron chi connectivity index (χ3n) is 2.58. The van der Waals surface area contributed by atoms with Gasteiger partial charge in [-0.2, -0.15) is 15.4 Å². The van der Waals surface area contributed by atoms with E-state index >= 15 is 0 Å². The standard InChI is InChI=1S/C11H10Cl2N4O3/c1-19-5-3-4(12)6(7(13)10(5)20-2)8-9(11(14)18)16-17-15-8/h3H,1-2H3,(H2,14,18)(H,15,16,17). The fraction of sp³-hybridized carbons (Fsp3) is 0.182. The van der Waals surface area contributed by atoms with Crippen LogP contribution in [0, 0.1) is 0 Å². The molecule has 0 unspecified atom stereocenters. The number of hydrogen-bond donors (Lipinski definition) is 2. The van der Waals surface area contributed by atoms with Crippen molar-refractivity contribution in [2.75, 3.05) is 14.2 Å². The highest BCUT2D eigenvalue weighted by Gasteiger charge is 2.24. The maximum Gasteiger partial charge on any atom is 0.271 e. The molecule has 0 saturated carbocycles. The Morgan fingerprint density at radius 2 is 2.00 bits per heavy atom. The van der Waals surface area contributed by atoms with Gasteiger partial charge in [0.25, 0.3) is 5.91 Å². The molecule has 0 fully saturated rings. The number of benzene rings is 1. The number of aromatic amines is 1. The van der Waals surface area contributed by atoms with Crippen molar-refractivity contribution in [3.05, 3.63) is 21.8 Å². The van der Waals surface area contributed by atoms with Crippen LogP contribution in [-0.4, -0.2) is 35.5 Å². The summed E-state index contributed by atoms with van der Waals surface area (Å²) >= 11 is 12.4. The van der Waals surface area contributed by atoms with Gasteiger partial charge in [-0.05, 0) is 0 Å². The largest absolute Gasteiger partial charge is 0.493 e. The Labute approximate surface area is 124 Å². The zero-order chi connectivity index (χ0) is 14.9. The van der Waals surface area contributed by atoms with Crippen molar-refractivity contribution in [2.45, 2.75) is 0 Å². The second-order valence-electron chi connectivity index (χ2n) is 3.67. The summed E-state index contributed by atoms with van der Waals surface area (Å²) in [5.41, 5.74) is 5.58. The number of primary amides is 1. The van der Waals surface area contributed by atoms with E-state index in [1.54, 1.807) is 0 Å². The summed E-state index contributed by atoms with van der Waals surface area (Å²) < 4.78 is 10.3. The molecule has 1 heterocycles. The molecule has 0 aliphatic carbocycles. The highest BCUT2D eigenvalue weighted by Crippen LogP contribution is 2.46. The number of hydrogen-bond acceptors (Lipinski definition) is 5. The zero-order valence-electron chi connectivity index (χ0n) is 10.5. The highest BCUT2D eigenvalue weighted by molar-refractivity contribution is 6.40. The van der Waals surface area contributed by atoms with Gasteiger partial charge in [-0.3, -0.25) is 4.79 Å². The van der Waals surface area contributed by atoms with Crippen molar-refractivity contribution >= 4 is 29.1 Å². The van der Waals surface area contributed by atoms with E-state index in [0.717, 1.165) is 0 Å². The van der Waals surface area contributed by atoms with Gasteiger partial charge in [-0.25, -0.2) is 0 Å². The summed E-state index contributed by atoms with van der Waals surface area (Å²) in [6, 6.07) is 1.50. The molecular weight excluding hydrogens is 307 g/mol. The molecule has 9 heteroatoms. The van der Waals surface area contributed by atoms with Crippen LogP contribution in [0.4, 0.5) is 0 Å². The lowest BCUT2D eigenvalue weighted by atomic mass is 10.1. The molecule has 0 aliphatic rings. The number of nitrogens with zero attached hydrogens (tertiary/aromatic N) is 2. The van der Waals surface area contributed by atoms with Crippen molar-refractivity contribution < 1.29 is 14.3 Å². The van der Waals surface area contributed by atoms with E-state index in [1.165, 1.54) is 20.3 Å². The molecule has 1 amide bonds. The summed E-state index contributed by atoms with van der Waals surface area (Å²) in [7, 11) is 2.88. The number of methoxy groups -OCH3 is 2. The number of halogens is 2. The predicted molar refractivity (Wildman–Crippen MR) is 73.5 cm³/mol. The van der Waals surface area contributed by atoms with Crippen molar-refractivity contribution in [3.8, 4) is 22.8 Å². The van der Waals surface area contributed by atoms with E-state index in [4.69, 9.17) is 38.4 Å². The monoisotopic (exact) mass is 316 g/mol. The number of nitrogens with one attached hydrogen (secondary N) is 1. The molecule has 0 atom stereocenters. The lowest BCUT2D eigenvalue weighted by Gasteiger charge is -2.13. The van der Waals surface area contributed by atoms with Crippen LogP contribution < -0.4 is 15.2 Å². The first-order valence-corrected chi connectivity index (χ1v) is 6.07. The maximum atomic E-state index is 11.3. The Hall–Kier alpha value is -1.99. The number of nitrogens with two attached hydrogens (primary N) is 1. The first kappa shape index (κ1) is 14.4. The van der Waals surface area contributed by atoms with Crippen LogP contribution >= 0.6 is 23.2 Å². The van der Waals surface area contributed by atoms with Crippen LogP contribution in [0.25, 0.3) is 11.3 Å². The van der Waals surface area contributed by atoms with Gasteiger partial charge in [0.05, 0.1) is 24.3 Å². The number of carbonyl (C=O) groups excluding carboxylic acids is 1. The summed E-state index contributed by atoms with van der Waals surface area (Å²) in [6.07, 6.45) is 0. The lowest BCUT2D eigenvalue weighted by molar-refractivity contribution is 0.0996. The van der Waals surface area contributed by atoms with Crippen LogP contribution in [0.3, 0.4) is 0 Å². The lowest BCUT2D eigenvalue weighted by Crippen LogP contribution is -2.13. The van der Waals surface area contributed by atoms with Crippen LogP contribution in [0.5, 0.6) is 11.5 Å². The Bertz CT molecular complexity index is 672. The quantitative estimate of drug-likeness (QED) is 0.896. The van der Waals surface area contributed by atoms with E-state index in [9.17, 15) is 4.79 Å². The molecular formula is C11H10Cl2N4O3. The van der Waals surface area contributed by atoms with Crippen molar-refractivity contribution in [1.82, 2.24) is 15.4 Å². The third kappa shape index (κ3) is 2.25. The van der Waals surface area contributed by atoms with Gasteiger partial charge in [0.15, 0.2) is 17.2 Å². The first-order valence-electron chi connectivity index (χ1n) is 5.32. The van der Waals surface area contributed by atoms with Crippen molar-refractivity contribution in [1.29, 1.82) is 0 Å². The normalized spacial score (nSPS) is 10.4. The number of H-pyrrole nitrogens is 1. The predicted octanol–water partition coefficient (Wildman–Crippen LogP) is 1.89. The summed E-state index contributed by atoms with van der Waals surface area (Å²) in [6.45, 7) is 0. The minimum absolute atomic E-state index is 0.0685. The smallest absolute Gasteiger partial charge is 0.271 e. The Balaban J connectivity index is 2.74. The number of ether oxygens (including phenoxy) is 2. The van der Waals surface area contributed by atoms with Gasteiger partial charge in [0.1, 0.15) is 5.69 Å². The first-order chi connectivity index (χ1) is 9.51. The fourth-order valence-corrected chi connectivity index (χ4v) is 2.41. The molecule has 20 heavy (non-hydrogen) atoms. The number of carbonyl (C=O) groups is 1. The number of amides is 1. The fourth-order valence-electron chi connectivity index (χ4n) is 1.72. The van der Waals surface area contributed by atoms with Crippen LogP contribution in [0.1, 0.15) is 10.5 Å². The minimum atomic E-state index is -0.754. The SMILES string of the molecule is COc1cc(Cl)c(-c2n[nH]nc2C(N)=O)c(Cl)c1OC. The molecule has 0 spiro atoms. The molecule has 0 saturated heterocycles. The minimum Gasteiger partial charge on any atom is -0.493 e. The summed E-state index contributed by atoms with van der Waals surface area (Å²) in [4.78, 5) is 11.3. The average Bonchev–Trinajstić information content (AvgIpc) is 2.87. The molecule has 0 radical (unpaired) electrons. The molecule has 1 aromatic heterocycles. The zero-order valence-corrected chi connectivity index (χ0v) is 12.0. The molecule has 1 aromatic carbocycles. The van der Waals surface area contributed by atoms with Gasteiger partial charge in [0, 0.05) is 11.6 Å². The van der Waals surface area contributed by atoms with Crippen LogP contribution in [0.2, 0.25) is 10.0 Å². The molecule has 7 nitrogen and oxygen atoms in total. The Morgan fingerprint density at radius 1 is 1.30 bits per heavy atom. The van der Waals surface area contributed by atoms with Gasteiger partial charge in [-0.1, -0.05) is 23.2 Å².